The van der Waals surface area contributed by atoms with Crippen molar-refractivity contribution < 1.29 is 8.42 Å². The van der Waals surface area contributed by atoms with E-state index in [2.05, 4.69) is 10.0 Å². The molecule has 18 heavy (non-hydrogen) atoms. The van der Waals surface area contributed by atoms with Crippen molar-refractivity contribution >= 4 is 15.7 Å². The van der Waals surface area contributed by atoms with Crippen LogP contribution in [0, 0.1) is 19.8 Å². The Labute approximate surface area is 109 Å². The number of nitrogens with one attached hydrogen (secondary N) is 2. The summed E-state index contributed by atoms with van der Waals surface area (Å²) < 4.78 is 26.9. The zero-order valence-electron chi connectivity index (χ0n) is 10.9. The SMILES string of the molecule is Cc1cccc(NS(=O)(=O)CC2CCNC2)c1C. The highest BCUT2D eigenvalue weighted by Crippen LogP contribution is 2.20. The number of hydrogen-bond donors (Lipinski definition) is 2. The van der Waals surface area contributed by atoms with Gasteiger partial charge in [0.2, 0.25) is 10.0 Å². The zero-order valence-corrected chi connectivity index (χ0v) is 11.7. The van der Waals surface area contributed by atoms with Gasteiger partial charge in [0.05, 0.1) is 11.4 Å². The van der Waals surface area contributed by atoms with Gasteiger partial charge in [-0.2, -0.15) is 0 Å². The lowest BCUT2D eigenvalue weighted by molar-refractivity contribution is 0.575. The molecule has 4 nitrogen and oxygen atoms in total. The van der Waals surface area contributed by atoms with Gasteiger partial charge in [0.15, 0.2) is 0 Å². The molecule has 0 saturated carbocycles. The van der Waals surface area contributed by atoms with Crippen molar-refractivity contribution in [3.8, 4) is 0 Å². The van der Waals surface area contributed by atoms with Crippen LogP contribution in [0.3, 0.4) is 0 Å². The first-order valence-electron chi connectivity index (χ1n) is 6.25. The van der Waals surface area contributed by atoms with Crippen molar-refractivity contribution in [1.82, 2.24) is 5.32 Å². The molecule has 1 heterocycles. The maximum Gasteiger partial charge on any atom is 0.233 e. The van der Waals surface area contributed by atoms with Gasteiger partial charge in [0.1, 0.15) is 0 Å². The van der Waals surface area contributed by atoms with E-state index in [1.165, 1.54) is 0 Å². The summed E-state index contributed by atoms with van der Waals surface area (Å²) in [5, 5.41) is 3.19. The standard InChI is InChI=1S/C13H20N2O2S/c1-10-4-3-5-13(11(10)2)15-18(16,17)9-12-6-7-14-8-12/h3-5,12,14-15H,6-9H2,1-2H3. The second-order valence-corrected chi connectivity index (χ2v) is 6.76. The van der Waals surface area contributed by atoms with Crippen LogP contribution >= 0.6 is 0 Å². The first-order chi connectivity index (χ1) is 8.48. The van der Waals surface area contributed by atoms with Crippen molar-refractivity contribution in [2.45, 2.75) is 20.3 Å². The fraction of sp³-hybridized carbons (Fsp3) is 0.538. The topological polar surface area (TPSA) is 58.2 Å². The van der Waals surface area contributed by atoms with E-state index in [0.29, 0.717) is 5.69 Å². The largest absolute Gasteiger partial charge is 0.316 e. The lowest BCUT2D eigenvalue weighted by Crippen LogP contribution is -2.24. The molecule has 0 aliphatic carbocycles. The summed E-state index contributed by atoms with van der Waals surface area (Å²) >= 11 is 0. The van der Waals surface area contributed by atoms with Crippen LogP contribution in [0.2, 0.25) is 0 Å². The fourth-order valence-electron chi connectivity index (χ4n) is 2.24. The molecule has 1 saturated heterocycles. The molecule has 1 fully saturated rings. The molecule has 1 aliphatic rings. The maximum absolute atomic E-state index is 12.1. The predicted octanol–water partition coefficient (Wildman–Crippen LogP) is 1.65. The van der Waals surface area contributed by atoms with E-state index in [1.54, 1.807) is 0 Å². The van der Waals surface area contributed by atoms with Gasteiger partial charge in [-0.1, -0.05) is 12.1 Å². The van der Waals surface area contributed by atoms with E-state index in [-0.39, 0.29) is 11.7 Å². The van der Waals surface area contributed by atoms with Crippen molar-refractivity contribution in [3.05, 3.63) is 29.3 Å². The smallest absolute Gasteiger partial charge is 0.233 e. The lowest BCUT2D eigenvalue weighted by Gasteiger charge is -2.14. The van der Waals surface area contributed by atoms with Crippen LogP contribution in [-0.4, -0.2) is 27.3 Å². The van der Waals surface area contributed by atoms with Gasteiger partial charge in [0, 0.05) is 0 Å². The third-order valence-electron chi connectivity index (χ3n) is 3.49. The zero-order chi connectivity index (χ0) is 13.2. The van der Waals surface area contributed by atoms with Gasteiger partial charge >= 0.3 is 0 Å². The Hall–Kier alpha value is -1.07. The minimum absolute atomic E-state index is 0.202. The minimum atomic E-state index is -3.25. The summed E-state index contributed by atoms with van der Waals surface area (Å²) in [4.78, 5) is 0. The van der Waals surface area contributed by atoms with Gasteiger partial charge in [-0.25, -0.2) is 8.42 Å². The van der Waals surface area contributed by atoms with Gasteiger partial charge in [0.25, 0.3) is 0 Å². The summed E-state index contributed by atoms with van der Waals surface area (Å²) in [5.74, 6) is 0.431. The third-order valence-corrected chi connectivity index (χ3v) is 4.93. The van der Waals surface area contributed by atoms with Crippen molar-refractivity contribution in [1.29, 1.82) is 0 Å². The normalized spacial score (nSPS) is 20.0. The second-order valence-electron chi connectivity index (χ2n) is 4.99. The van der Waals surface area contributed by atoms with Crippen LogP contribution in [0.25, 0.3) is 0 Å². The quantitative estimate of drug-likeness (QED) is 0.873. The summed E-state index contributed by atoms with van der Waals surface area (Å²) in [6.45, 7) is 5.63. The highest BCUT2D eigenvalue weighted by molar-refractivity contribution is 7.92. The van der Waals surface area contributed by atoms with Gasteiger partial charge < -0.3 is 5.32 Å². The summed E-state index contributed by atoms with van der Waals surface area (Å²) in [6, 6.07) is 5.66. The molecule has 2 rings (SSSR count). The van der Waals surface area contributed by atoms with Crippen LogP contribution < -0.4 is 10.0 Å². The Bertz CT molecular complexity index is 520. The summed E-state index contributed by atoms with van der Waals surface area (Å²) in [5.41, 5.74) is 2.78. The van der Waals surface area contributed by atoms with E-state index < -0.39 is 10.0 Å². The first kappa shape index (κ1) is 13.4. The van der Waals surface area contributed by atoms with Crippen molar-refractivity contribution in [3.63, 3.8) is 0 Å². The van der Waals surface area contributed by atoms with Crippen LogP contribution in [0.15, 0.2) is 18.2 Å². The molecule has 100 valence electrons. The molecule has 0 radical (unpaired) electrons. The van der Waals surface area contributed by atoms with Gasteiger partial charge in [-0.15, -0.1) is 0 Å². The first-order valence-corrected chi connectivity index (χ1v) is 7.90. The summed E-state index contributed by atoms with van der Waals surface area (Å²) in [6.07, 6.45) is 0.938. The predicted molar refractivity (Wildman–Crippen MR) is 74.3 cm³/mol. The molecular weight excluding hydrogens is 248 g/mol. The third kappa shape index (κ3) is 3.23. The molecule has 0 aromatic heterocycles. The molecule has 0 spiro atoms. The Kier molecular flexibility index (Phi) is 3.92. The van der Waals surface area contributed by atoms with Gasteiger partial charge in [-0.3, -0.25) is 4.72 Å². The van der Waals surface area contributed by atoms with Crippen LogP contribution in [0.1, 0.15) is 17.5 Å². The van der Waals surface area contributed by atoms with Crippen LogP contribution in [0.4, 0.5) is 5.69 Å². The molecule has 1 aromatic carbocycles. The molecular formula is C13H20N2O2S. The Morgan fingerprint density at radius 2 is 2.17 bits per heavy atom. The molecule has 2 N–H and O–H groups in total. The molecule has 5 heteroatoms. The van der Waals surface area contributed by atoms with Crippen LogP contribution in [-0.2, 0) is 10.0 Å². The van der Waals surface area contributed by atoms with E-state index in [1.807, 2.05) is 32.0 Å². The molecule has 0 bridgehead atoms. The molecule has 1 atom stereocenters. The highest BCUT2D eigenvalue weighted by atomic mass is 32.2. The summed E-state index contributed by atoms with van der Waals surface area (Å²) in [7, 11) is -3.25. The molecule has 0 amide bonds. The highest BCUT2D eigenvalue weighted by Gasteiger charge is 2.22. The minimum Gasteiger partial charge on any atom is -0.316 e. The average molecular weight is 268 g/mol. The van der Waals surface area contributed by atoms with E-state index >= 15 is 0 Å². The van der Waals surface area contributed by atoms with E-state index in [0.717, 1.165) is 30.6 Å². The molecule has 1 aliphatic heterocycles. The number of rotatable bonds is 4. The Morgan fingerprint density at radius 1 is 1.39 bits per heavy atom. The number of sulfonamides is 1. The van der Waals surface area contributed by atoms with E-state index in [9.17, 15) is 8.42 Å². The lowest BCUT2D eigenvalue weighted by atomic mass is 10.1. The molecule has 1 aromatic rings. The number of aryl methyl sites for hydroxylation is 1. The fourth-order valence-corrected chi connectivity index (χ4v) is 3.78. The number of anilines is 1. The van der Waals surface area contributed by atoms with Crippen molar-refractivity contribution in [2.24, 2.45) is 5.92 Å². The second kappa shape index (κ2) is 5.28. The Morgan fingerprint density at radius 3 is 2.83 bits per heavy atom. The Balaban J connectivity index is 2.09. The average Bonchev–Trinajstić information content (AvgIpc) is 2.76. The number of benzene rings is 1. The maximum atomic E-state index is 12.1. The molecule has 1 unspecified atom stereocenters. The van der Waals surface area contributed by atoms with Crippen molar-refractivity contribution in [2.75, 3.05) is 23.6 Å². The monoisotopic (exact) mass is 268 g/mol. The number of hydrogen-bond acceptors (Lipinski definition) is 3. The van der Waals surface area contributed by atoms with E-state index in [4.69, 9.17) is 0 Å². The van der Waals surface area contributed by atoms with Gasteiger partial charge in [-0.05, 0) is 56.5 Å². The van der Waals surface area contributed by atoms with Crippen LogP contribution in [0.5, 0.6) is 0 Å².